The van der Waals surface area contributed by atoms with E-state index in [-0.39, 0.29) is 5.97 Å². The fourth-order valence-corrected chi connectivity index (χ4v) is 3.74. The third-order valence-electron chi connectivity index (χ3n) is 2.61. The van der Waals surface area contributed by atoms with E-state index >= 15 is 0 Å². The largest absolute Gasteiger partial charge is 0.462 e. The molecule has 0 aromatic heterocycles. The Morgan fingerprint density at radius 2 is 1.45 bits per heavy atom. The molecule has 0 unspecified atom stereocenters. The van der Waals surface area contributed by atoms with Crippen molar-refractivity contribution in [3.63, 3.8) is 0 Å². The molecule has 114 valence electrons. The highest BCUT2D eigenvalue weighted by molar-refractivity contribution is 8.22. The van der Waals surface area contributed by atoms with Crippen LogP contribution in [0.4, 0.5) is 0 Å². The zero-order chi connectivity index (χ0) is 15.6. The molecule has 0 aliphatic carbocycles. The Balaban J connectivity index is 2.13. The zero-order valence-electron chi connectivity index (χ0n) is 12.4. The fraction of sp³-hybridized carbons (Fsp3) is 0.167. The maximum Gasteiger partial charge on any atom is 0.332 e. The van der Waals surface area contributed by atoms with Crippen LogP contribution in [0.3, 0.4) is 0 Å². The summed E-state index contributed by atoms with van der Waals surface area (Å²) in [7, 11) is 0. The van der Waals surface area contributed by atoms with Gasteiger partial charge in [0.1, 0.15) is 0 Å². The Morgan fingerprint density at radius 1 is 0.955 bits per heavy atom. The summed E-state index contributed by atoms with van der Waals surface area (Å²) in [5.74, 6) is -0.288. The second-order valence-corrected chi connectivity index (χ2v) is 6.95. The summed E-state index contributed by atoms with van der Waals surface area (Å²) in [4.78, 5) is 14.1. The molecule has 0 aliphatic heterocycles. The molecule has 0 N–H and O–H groups in total. The summed E-state index contributed by atoms with van der Waals surface area (Å²) in [5.41, 5.74) is 0. The van der Waals surface area contributed by atoms with Crippen LogP contribution in [0, 0.1) is 0 Å². The maximum atomic E-state index is 11.9. The number of esters is 1. The second kappa shape index (κ2) is 9.38. The molecule has 0 atom stereocenters. The summed E-state index contributed by atoms with van der Waals surface area (Å²) >= 11 is 3.14. The van der Waals surface area contributed by atoms with Gasteiger partial charge in [0.2, 0.25) is 0 Å². The van der Waals surface area contributed by atoms with Crippen LogP contribution in [0.15, 0.2) is 80.8 Å². The third-order valence-corrected chi connectivity index (χ3v) is 4.76. The van der Waals surface area contributed by atoms with E-state index in [1.54, 1.807) is 29.6 Å². The number of hydrogen-bond donors (Lipinski definition) is 0. The Bertz CT molecular complexity index is 566. The Hall–Kier alpha value is -1.65. The standard InChI is InChI=1S/C18H18O2S2/c1-2-13-20-17(19)14-18(21-15-9-5-3-6-10-15)22-16-11-7-4-8-12-16/h3-12,14H,2,13H2,1H3. The van der Waals surface area contributed by atoms with E-state index in [1.807, 2.05) is 67.6 Å². The topological polar surface area (TPSA) is 26.3 Å². The van der Waals surface area contributed by atoms with Gasteiger partial charge in [0, 0.05) is 15.9 Å². The molecule has 0 radical (unpaired) electrons. The van der Waals surface area contributed by atoms with Crippen molar-refractivity contribution in [1.29, 1.82) is 0 Å². The van der Waals surface area contributed by atoms with Crippen LogP contribution in [-0.4, -0.2) is 12.6 Å². The highest BCUT2D eigenvalue weighted by Gasteiger charge is 2.07. The molecule has 4 heteroatoms. The first-order valence-electron chi connectivity index (χ1n) is 7.12. The molecule has 0 saturated heterocycles. The molecule has 0 fully saturated rings. The first kappa shape index (κ1) is 16.7. The lowest BCUT2D eigenvalue weighted by molar-refractivity contribution is -0.137. The first-order valence-corrected chi connectivity index (χ1v) is 8.75. The molecule has 22 heavy (non-hydrogen) atoms. The Kier molecular flexibility index (Phi) is 7.13. The van der Waals surface area contributed by atoms with Crippen molar-refractivity contribution in [2.24, 2.45) is 0 Å². The predicted molar refractivity (Wildman–Crippen MR) is 93.9 cm³/mol. The number of thioether (sulfide) groups is 2. The lowest BCUT2D eigenvalue weighted by atomic mass is 10.4. The van der Waals surface area contributed by atoms with E-state index in [1.165, 1.54) is 0 Å². The van der Waals surface area contributed by atoms with E-state index in [0.717, 1.165) is 20.4 Å². The van der Waals surface area contributed by atoms with Gasteiger partial charge in [0.15, 0.2) is 0 Å². The van der Waals surface area contributed by atoms with Crippen LogP contribution < -0.4 is 0 Å². The average molecular weight is 330 g/mol. The van der Waals surface area contributed by atoms with Gasteiger partial charge in [-0.1, -0.05) is 66.8 Å². The highest BCUT2D eigenvalue weighted by atomic mass is 32.2. The van der Waals surface area contributed by atoms with Crippen molar-refractivity contribution in [1.82, 2.24) is 0 Å². The summed E-state index contributed by atoms with van der Waals surface area (Å²) in [6.45, 7) is 2.43. The summed E-state index contributed by atoms with van der Waals surface area (Å²) in [5, 5.41) is 0. The van der Waals surface area contributed by atoms with Gasteiger partial charge in [-0.2, -0.15) is 0 Å². The fourth-order valence-electron chi connectivity index (χ4n) is 1.63. The second-order valence-electron chi connectivity index (χ2n) is 4.46. The number of carbonyl (C=O) groups excluding carboxylic acids is 1. The van der Waals surface area contributed by atoms with Crippen LogP contribution in [0.25, 0.3) is 0 Å². The van der Waals surface area contributed by atoms with Crippen LogP contribution >= 0.6 is 23.5 Å². The molecule has 0 aliphatic rings. The van der Waals surface area contributed by atoms with Gasteiger partial charge in [0.25, 0.3) is 0 Å². The van der Waals surface area contributed by atoms with Crippen LogP contribution in [0.5, 0.6) is 0 Å². The van der Waals surface area contributed by atoms with Gasteiger partial charge in [-0.25, -0.2) is 4.79 Å². The lowest BCUT2D eigenvalue weighted by Crippen LogP contribution is -2.01. The van der Waals surface area contributed by atoms with Gasteiger partial charge in [-0.3, -0.25) is 0 Å². The number of carbonyl (C=O) groups is 1. The molecule has 0 saturated carbocycles. The SMILES string of the molecule is CCCOC(=O)C=C(Sc1ccccc1)Sc1ccccc1. The molecule has 2 aromatic carbocycles. The van der Waals surface area contributed by atoms with Gasteiger partial charge < -0.3 is 4.74 Å². The number of rotatable bonds is 7. The molecule has 0 spiro atoms. The molecular weight excluding hydrogens is 312 g/mol. The van der Waals surface area contributed by atoms with Crippen molar-refractivity contribution in [2.45, 2.75) is 23.1 Å². The van der Waals surface area contributed by atoms with Crippen LogP contribution in [-0.2, 0) is 9.53 Å². The van der Waals surface area contributed by atoms with E-state index in [4.69, 9.17) is 4.74 Å². The van der Waals surface area contributed by atoms with E-state index < -0.39 is 0 Å². The minimum atomic E-state index is -0.288. The maximum absolute atomic E-state index is 11.9. The van der Waals surface area contributed by atoms with Crippen LogP contribution in [0.2, 0.25) is 0 Å². The van der Waals surface area contributed by atoms with E-state index in [9.17, 15) is 4.79 Å². The Labute approximate surface area is 140 Å². The molecule has 2 rings (SSSR count). The van der Waals surface area contributed by atoms with Crippen molar-refractivity contribution in [2.75, 3.05) is 6.61 Å². The average Bonchev–Trinajstić information content (AvgIpc) is 2.55. The number of benzene rings is 2. The number of ether oxygens (including phenoxy) is 1. The normalized spacial score (nSPS) is 10.0. The highest BCUT2D eigenvalue weighted by Crippen LogP contribution is 2.38. The van der Waals surface area contributed by atoms with Gasteiger partial charge in [-0.15, -0.1) is 0 Å². The molecule has 0 heterocycles. The van der Waals surface area contributed by atoms with Crippen LogP contribution in [0.1, 0.15) is 13.3 Å². The molecule has 2 nitrogen and oxygen atoms in total. The molecule has 0 bridgehead atoms. The smallest absolute Gasteiger partial charge is 0.332 e. The van der Waals surface area contributed by atoms with Gasteiger partial charge in [0.05, 0.1) is 10.8 Å². The van der Waals surface area contributed by atoms with Gasteiger partial charge >= 0.3 is 5.97 Å². The molecular formula is C18H18O2S2. The summed E-state index contributed by atoms with van der Waals surface area (Å²) < 4.78 is 6.06. The van der Waals surface area contributed by atoms with Gasteiger partial charge in [-0.05, 0) is 30.7 Å². The van der Waals surface area contributed by atoms with Crippen molar-refractivity contribution in [3.05, 3.63) is 71.0 Å². The Morgan fingerprint density at radius 3 is 1.91 bits per heavy atom. The minimum absolute atomic E-state index is 0.288. The quantitative estimate of drug-likeness (QED) is 0.387. The number of hydrogen-bond acceptors (Lipinski definition) is 4. The minimum Gasteiger partial charge on any atom is -0.462 e. The third kappa shape index (κ3) is 6.00. The summed E-state index contributed by atoms with van der Waals surface area (Å²) in [6.07, 6.45) is 2.40. The lowest BCUT2D eigenvalue weighted by Gasteiger charge is -2.07. The van der Waals surface area contributed by atoms with E-state index in [0.29, 0.717) is 6.61 Å². The predicted octanol–water partition coefficient (Wildman–Crippen LogP) is 5.37. The molecule has 2 aromatic rings. The van der Waals surface area contributed by atoms with Crippen molar-refractivity contribution >= 4 is 29.5 Å². The monoisotopic (exact) mass is 330 g/mol. The van der Waals surface area contributed by atoms with E-state index in [2.05, 4.69) is 0 Å². The van der Waals surface area contributed by atoms with Crippen molar-refractivity contribution in [3.8, 4) is 0 Å². The molecule has 0 amide bonds. The summed E-state index contributed by atoms with van der Waals surface area (Å²) in [6, 6.07) is 20.0. The van der Waals surface area contributed by atoms with Crippen molar-refractivity contribution < 1.29 is 9.53 Å². The first-order chi connectivity index (χ1) is 10.8. The zero-order valence-corrected chi connectivity index (χ0v) is 14.0.